The highest BCUT2D eigenvalue weighted by molar-refractivity contribution is 5.82. The summed E-state index contributed by atoms with van der Waals surface area (Å²) >= 11 is 0. The number of fused-ring (bicyclic) bond motifs is 1. The first-order valence-corrected chi connectivity index (χ1v) is 9.53. The maximum absolute atomic E-state index is 14.9. The van der Waals surface area contributed by atoms with Crippen LogP contribution in [0, 0.1) is 11.6 Å². The van der Waals surface area contributed by atoms with Gasteiger partial charge in [-0.2, -0.15) is 0 Å². The number of ether oxygens (including phenoxy) is 1. The summed E-state index contributed by atoms with van der Waals surface area (Å²) in [4.78, 5) is 8.55. The van der Waals surface area contributed by atoms with Crippen molar-refractivity contribution in [1.82, 2.24) is 0 Å². The molecule has 1 aliphatic carbocycles. The van der Waals surface area contributed by atoms with E-state index in [4.69, 9.17) is 4.74 Å². The molecule has 1 fully saturated rings. The first-order chi connectivity index (χ1) is 14.2. The van der Waals surface area contributed by atoms with E-state index >= 15 is 0 Å². The monoisotopic (exact) mass is 393 g/mol. The summed E-state index contributed by atoms with van der Waals surface area (Å²) in [6.45, 7) is 0. The summed E-state index contributed by atoms with van der Waals surface area (Å²) < 4.78 is 34.1. The molecule has 1 saturated carbocycles. The molecule has 0 amide bonds. The van der Waals surface area contributed by atoms with Gasteiger partial charge in [0.15, 0.2) is 17.8 Å². The number of hydrogen-bond donors (Lipinski definition) is 0. The first kappa shape index (κ1) is 17.8. The number of halogens is 2. The fourth-order valence-corrected chi connectivity index (χ4v) is 3.81. The molecule has 0 aromatic heterocycles. The number of hydrogen-bond acceptors (Lipinski definition) is 4. The second-order valence-electron chi connectivity index (χ2n) is 7.24. The second-order valence-corrected chi connectivity index (χ2v) is 7.24. The van der Waals surface area contributed by atoms with E-state index in [0.717, 1.165) is 30.6 Å². The lowest BCUT2D eigenvalue weighted by Crippen LogP contribution is -2.61. The van der Waals surface area contributed by atoms with E-state index < -0.39 is 11.6 Å². The average Bonchev–Trinajstić information content (AvgIpc) is 3.11. The number of allylic oxidation sites excluding steroid dienone is 1. The van der Waals surface area contributed by atoms with Crippen molar-refractivity contribution in [3.8, 4) is 11.5 Å². The van der Waals surface area contributed by atoms with E-state index in [1.165, 1.54) is 24.3 Å². The maximum Gasteiger partial charge on any atom is 0.225 e. The molecule has 0 bridgehead atoms. The highest BCUT2D eigenvalue weighted by atomic mass is 19.1. The molecule has 1 unspecified atom stereocenters. The Hall–Kier alpha value is -3.32. The van der Waals surface area contributed by atoms with Crippen LogP contribution in [0.5, 0.6) is 11.5 Å². The molecule has 2 heterocycles. The largest absolute Gasteiger partial charge is 0.454 e. The van der Waals surface area contributed by atoms with Gasteiger partial charge in [0, 0.05) is 12.1 Å². The van der Waals surface area contributed by atoms with Crippen molar-refractivity contribution in [2.45, 2.75) is 25.3 Å². The Kier molecular flexibility index (Phi) is 4.24. The fourth-order valence-electron chi connectivity index (χ4n) is 3.81. The van der Waals surface area contributed by atoms with Crippen molar-refractivity contribution in [3.05, 3.63) is 78.4 Å². The third kappa shape index (κ3) is 3.03. The van der Waals surface area contributed by atoms with Gasteiger partial charge in [-0.15, -0.1) is 4.59 Å². The second kappa shape index (κ2) is 6.93. The van der Waals surface area contributed by atoms with Gasteiger partial charge in [0.25, 0.3) is 0 Å². The van der Waals surface area contributed by atoms with Crippen LogP contribution in [0.4, 0.5) is 14.5 Å². The van der Waals surface area contributed by atoms with Crippen LogP contribution in [-0.4, -0.2) is 23.2 Å². The Morgan fingerprint density at radius 3 is 2.72 bits per heavy atom. The van der Waals surface area contributed by atoms with E-state index in [1.807, 2.05) is 18.6 Å². The third-order valence-electron chi connectivity index (χ3n) is 5.43. The van der Waals surface area contributed by atoms with Crippen LogP contribution in [-0.2, 0) is 0 Å². The molecular formula is C22H19F2N4O+. The molecule has 0 N–H and O–H groups in total. The predicted molar refractivity (Wildman–Crippen MR) is 107 cm³/mol. The molecule has 146 valence electrons. The van der Waals surface area contributed by atoms with Gasteiger partial charge in [-0.1, -0.05) is 6.07 Å². The first-order valence-electron chi connectivity index (χ1n) is 9.53. The minimum absolute atomic E-state index is 0.0505. The zero-order valence-corrected chi connectivity index (χ0v) is 15.6. The molecule has 0 spiro atoms. The van der Waals surface area contributed by atoms with Gasteiger partial charge < -0.3 is 4.74 Å². The predicted octanol–water partition coefficient (Wildman–Crippen LogP) is 5.29. The SMILES string of the molecule is Fc1cccc(Oc2ccc(N(C3CCC3)[N+]34C=CN=CC3=CN=C4)cc2F)c1. The molecule has 0 radical (unpaired) electrons. The Labute approximate surface area is 167 Å². The standard InChI is InChI=1S/C22H19F2N4O/c23-16-3-1-6-20(11-16)29-22-8-7-18(12-21(22)24)27(17-4-2-5-17)28-10-9-25-13-19(28)14-26-15-28/h1,3,6-15,17H,2,4-5H2/q+1. The number of benzene rings is 2. The summed E-state index contributed by atoms with van der Waals surface area (Å²) in [5.74, 6) is -0.640. The van der Waals surface area contributed by atoms with Gasteiger partial charge in [-0.25, -0.2) is 18.8 Å². The fraction of sp³-hybridized carbons (Fsp3) is 0.182. The van der Waals surface area contributed by atoms with Crippen LogP contribution < -0.4 is 9.75 Å². The van der Waals surface area contributed by atoms with Crippen molar-refractivity contribution in [3.63, 3.8) is 0 Å². The Morgan fingerprint density at radius 2 is 1.97 bits per heavy atom. The van der Waals surface area contributed by atoms with Gasteiger partial charge >= 0.3 is 0 Å². The molecule has 1 atom stereocenters. The van der Waals surface area contributed by atoms with Crippen LogP contribution in [0.25, 0.3) is 0 Å². The van der Waals surface area contributed by atoms with Crippen molar-refractivity contribution >= 4 is 18.2 Å². The molecule has 29 heavy (non-hydrogen) atoms. The summed E-state index contributed by atoms with van der Waals surface area (Å²) in [5, 5.41) is 2.16. The van der Waals surface area contributed by atoms with E-state index in [-0.39, 0.29) is 22.1 Å². The quantitative estimate of drug-likeness (QED) is 0.648. The van der Waals surface area contributed by atoms with Crippen LogP contribution in [0.2, 0.25) is 0 Å². The minimum Gasteiger partial charge on any atom is -0.454 e. The molecule has 0 saturated heterocycles. The van der Waals surface area contributed by atoms with Crippen LogP contribution in [0.3, 0.4) is 0 Å². The Bertz CT molecular complexity index is 1070. The van der Waals surface area contributed by atoms with Gasteiger partial charge in [0.05, 0.1) is 30.3 Å². The van der Waals surface area contributed by atoms with Crippen molar-refractivity contribution in [2.24, 2.45) is 9.98 Å². The summed E-state index contributed by atoms with van der Waals surface area (Å²) in [7, 11) is 0. The average molecular weight is 393 g/mol. The lowest BCUT2D eigenvalue weighted by Gasteiger charge is -2.46. The smallest absolute Gasteiger partial charge is 0.225 e. The normalized spacial score (nSPS) is 22.2. The van der Waals surface area contributed by atoms with Crippen molar-refractivity contribution in [1.29, 1.82) is 0 Å². The summed E-state index contributed by atoms with van der Waals surface area (Å²) in [5.41, 5.74) is 1.62. The highest BCUT2D eigenvalue weighted by Crippen LogP contribution is 2.40. The summed E-state index contributed by atoms with van der Waals surface area (Å²) in [6.07, 6.45) is 12.2. The zero-order valence-electron chi connectivity index (χ0n) is 15.6. The summed E-state index contributed by atoms with van der Waals surface area (Å²) in [6, 6.07) is 10.8. The minimum atomic E-state index is -0.509. The molecule has 2 aliphatic heterocycles. The van der Waals surface area contributed by atoms with Gasteiger partial charge in [-0.3, -0.25) is 4.99 Å². The van der Waals surface area contributed by atoms with Crippen molar-refractivity contribution in [2.75, 3.05) is 5.01 Å². The van der Waals surface area contributed by atoms with Gasteiger partial charge in [0.1, 0.15) is 11.6 Å². The molecule has 3 aliphatic rings. The molecule has 5 nitrogen and oxygen atoms in total. The van der Waals surface area contributed by atoms with Crippen molar-refractivity contribution < 1.29 is 18.1 Å². The number of quaternary nitrogens is 1. The number of rotatable bonds is 5. The molecule has 5 rings (SSSR count). The lowest BCUT2D eigenvalue weighted by atomic mass is 9.91. The molecular weight excluding hydrogens is 374 g/mol. The molecule has 2 aromatic rings. The molecule has 2 aromatic carbocycles. The van der Waals surface area contributed by atoms with Gasteiger partial charge in [0.2, 0.25) is 12.0 Å². The van der Waals surface area contributed by atoms with Crippen LogP contribution >= 0.6 is 0 Å². The van der Waals surface area contributed by atoms with Crippen LogP contribution in [0.15, 0.2) is 76.7 Å². The van der Waals surface area contributed by atoms with Crippen LogP contribution in [0.1, 0.15) is 19.3 Å². The maximum atomic E-state index is 14.9. The van der Waals surface area contributed by atoms with E-state index in [1.54, 1.807) is 30.7 Å². The van der Waals surface area contributed by atoms with Gasteiger partial charge in [-0.05, 0) is 43.5 Å². The third-order valence-corrected chi connectivity index (χ3v) is 5.43. The van der Waals surface area contributed by atoms with E-state index in [0.29, 0.717) is 0 Å². The zero-order chi connectivity index (χ0) is 19.8. The highest BCUT2D eigenvalue weighted by Gasteiger charge is 2.46. The Morgan fingerprint density at radius 1 is 1.07 bits per heavy atom. The van der Waals surface area contributed by atoms with E-state index in [9.17, 15) is 8.78 Å². The lowest BCUT2D eigenvalue weighted by molar-refractivity contribution is -0.746. The molecule has 7 heteroatoms. The van der Waals surface area contributed by atoms with E-state index in [2.05, 4.69) is 15.0 Å². The number of nitrogens with zero attached hydrogens (tertiary/aromatic N) is 4. The Balaban J connectivity index is 1.50. The topological polar surface area (TPSA) is 37.2 Å². The number of anilines is 1. The number of aliphatic imine (C=N–C) groups is 2.